The zero-order valence-corrected chi connectivity index (χ0v) is 9.36. The summed E-state index contributed by atoms with van der Waals surface area (Å²) in [5.41, 5.74) is 0.145. The standard InChI is InChI=1S/C14H17NO/c1-15(2)10-9-12-6-3-5-11-7-4-8-13(16)14(11)12/h3-8,16H,9-10H2,1-2H3/i9D2,10D2. The Labute approximate surface area is 102 Å². The molecule has 0 heterocycles. The van der Waals surface area contributed by atoms with Crippen LogP contribution in [0.5, 0.6) is 5.75 Å². The molecule has 0 aliphatic rings. The van der Waals surface area contributed by atoms with E-state index in [9.17, 15) is 5.11 Å². The Balaban J connectivity index is 2.76. The molecule has 0 aliphatic heterocycles. The van der Waals surface area contributed by atoms with E-state index in [1.807, 2.05) is 0 Å². The Morgan fingerprint density at radius 2 is 1.88 bits per heavy atom. The zero-order valence-electron chi connectivity index (χ0n) is 13.4. The second-order valence-corrected chi connectivity index (χ2v) is 3.81. The van der Waals surface area contributed by atoms with E-state index in [4.69, 9.17) is 5.48 Å². The highest BCUT2D eigenvalue weighted by molar-refractivity contribution is 5.91. The van der Waals surface area contributed by atoms with Crippen LogP contribution in [0.2, 0.25) is 0 Å². The molecule has 0 bridgehead atoms. The van der Waals surface area contributed by atoms with Gasteiger partial charge in [0.15, 0.2) is 0 Å². The van der Waals surface area contributed by atoms with Crippen molar-refractivity contribution in [2.75, 3.05) is 20.6 Å². The Bertz CT molecular complexity index is 635. The van der Waals surface area contributed by atoms with Gasteiger partial charge < -0.3 is 10.0 Å². The fourth-order valence-electron chi connectivity index (χ4n) is 1.60. The molecule has 2 nitrogen and oxygen atoms in total. The summed E-state index contributed by atoms with van der Waals surface area (Å²) >= 11 is 0. The minimum absolute atomic E-state index is 0.0449. The van der Waals surface area contributed by atoms with E-state index in [-0.39, 0.29) is 11.3 Å². The lowest BCUT2D eigenvalue weighted by molar-refractivity contribution is 0.414. The van der Waals surface area contributed by atoms with E-state index in [1.165, 1.54) is 31.1 Å². The van der Waals surface area contributed by atoms with Crippen molar-refractivity contribution in [3.8, 4) is 5.75 Å². The highest BCUT2D eigenvalue weighted by Gasteiger charge is 2.05. The van der Waals surface area contributed by atoms with Gasteiger partial charge in [0.2, 0.25) is 0 Å². The number of hydrogen-bond donors (Lipinski definition) is 1. The average Bonchev–Trinajstić information content (AvgIpc) is 2.38. The van der Waals surface area contributed by atoms with E-state index >= 15 is 0 Å². The number of aromatic hydroxyl groups is 1. The first-order valence-corrected chi connectivity index (χ1v) is 5.08. The number of aryl methyl sites for hydroxylation is 1. The summed E-state index contributed by atoms with van der Waals surface area (Å²) in [5.74, 6) is -0.0449. The number of nitrogens with zero attached hydrogens (tertiary/aromatic N) is 1. The Kier molecular flexibility index (Phi) is 1.96. The molecule has 2 heteroatoms. The largest absolute Gasteiger partial charge is 0.507 e. The molecule has 0 atom stereocenters. The molecule has 2 aromatic carbocycles. The molecule has 84 valence electrons. The highest BCUT2D eigenvalue weighted by atomic mass is 16.3. The number of likely N-dealkylation sites (N-methyl/N-ethyl adjacent to an activating group) is 1. The van der Waals surface area contributed by atoms with Crippen molar-refractivity contribution in [1.82, 2.24) is 4.90 Å². The minimum atomic E-state index is -2.27. The molecule has 0 fully saturated rings. The molecule has 1 N–H and O–H groups in total. The van der Waals surface area contributed by atoms with Crippen molar-refractivity contribution >= 4 is 10.8 Å². The fourth-order valence-corrected chi connectivity index (χ4v) is 1.60. The fraction of sp³-hybridized carbons (Fsp3) is 0.286. The Morgan fingerprint density at radius 1 is 1.19 bits per heavy atom. The normalized spacial score (nSPS) is 16.7. The maximum atomic E-state index is 10.0. The second kappa shape index (κ2) is 4.54. The van der Waals surface area contributed by atoms with Crippen LogP contribution >= 0.6 is 0 Å². The number of phenols is 1. The lowest BCUT2D eigenvalue weighted by atomic mass is 10.0. The van der Waals surface area contributed by atoms with Crippen LogP contribution in [0, 0.1) is 0 Å². The molecule has 2 aromatic rings. The summed E-state index contributed by atoms with van der Waals surface area (Å²) in [6.45, 7) is -2.20. The van der Waals surface area contributed by atoms with Crippen molar-refractivity contribution in [3.63, 3.8) is 0 Å². The molecule has 0 aliphatic carbocycles. The third-order valence-electron chi connectivity index (χ3n) is 2.30. The minimum Gasteiger partial charge on any atom is -0.507 e. The van der Waals surface area contributed by atoms with E-state index in [2.05, 4.69) is 0 Å². The van der Waals surface area contributed by atoms with Crippen molar-refractivity contribution in [2.45, 2.75) is 6.37 Å². The molecule has 0 saturated carbocycles. The van der Waals surface area contributed by atoms with E-state index < -0.39 is 12.9 Å². The topological polar surface area (TPSA) is 23.5 Å². The van der Waals surface area contributed by atoms with Gasteiger partial charge in [0, 0.05) is 17.4 Å². The summed E-state index contributed by atoms with van der Waals surface area (Å²) in [6.07, 6.45) is -2.27. The van der Waals surface area contributed by atoms with Gasteiger partial charge in [0.25, 0.3) is 0 Å². The molecule has 0 radical (unpaired) electrons. The van der Waals surface area contributed by atoms with Crippen molar-refractivity contribution in [1.29, 1.82) is 0 Å². The van der Waals surface area contributed by atoms with Gasteiger partial charge >= 0.3 is 0 Å². The van der Waals surface area contributed by atoms with Crippen LogP contribution in [0.3, 0.4) is 0 Å². The number of fused-ring (bicyclic) bond motifs is 1. The summed E-state index contributed by atoms with van der Waals surface area (Å²) in [5, 5.41) is 11.1. The van der Waals surface area contributed by atoms with Crippen LogP contribution in [0.15, 0.2) is 36.4 Å². The second-order valence-electron chi connectivity index (χ2n) is 3.81. The van der Waals surface area contributed by atoms with Gasteiger partial charge in [-0.25, -0.2) is 0 Å². The van der Waals surface area contributed by atoms with Gasteiger partial charge in [0.05, 0.1) is 0 Å². The monoisotopic (exact) mass is 219 g/mol. The van der Waals surface area contributed by atoms with E-state index in [1.54, 1.807) is 24.3 Å². The van der Waals surface area contributed by atoms with Crippen molar-refractivity contribution < 1.29 is 10.6 Å². The first-order chi connectivity index (χ1) is 9.19. The molecule has 0 aromatic heterocycles. The zero-order chi connectivity index (χ0) is 15.1. The predicted molar refractivity (Wildman–Crippen MR) is 67.9 cm³/mol. The molecule has 16 heavy (non-hydrogen) atoms. The molecule has 0 saturated heterocycles. The van der Waals surface area contributed by atoms with Crippen LogP contribution in [0.1, 0.15) is 11.0 Å². The maximum Gasteiger partial charge on any atom is 0.123 e. The Morgan fingerprint density at radius 3 is 2.56 bits per heavy atom. The summed E-state index contributed by atoms with van der Waals surface area (Å²) in [7, 11) is 2.98. The van der Waals surface area contributed by atoms with E-state index in [0.717, 1.165) is 0 Å². The predicted octanol–water partition coefficient (Wildman–Crippen LogP) is 2.65. The first-order valence-electron chi connectivity index (χ1n) is 7.08. The van der Waals surface area contributed by atoms with Crippen LogP contribution in [0.25, 0.3) is 10.8 Å². The van der Waals surface area contributed by atoms with Crippen LogP contribution in [0.4, 0.5) is 0 Å². The van der Waals surface area contributed by atoms with Gasteiger partial charge in [-0.3, -0.25) is 0 Å². The van der Waals surface area contributed by atoms with E-state index in [0.29, 0.717) is 10.8 Å². The third kappa shape index (κ3) is 2.17. The van der Waals surface area contributed by atoms with Crippen LogP contribution in [-0.4, -0.2) is 30.6 Å². The van der Waals surface area contributed by atoms with Crippen molar-refractivity contribution in [2.24, 2.45) is 0 Å². The van der Waals surface area contributed by atoms with Crippen LogP contribution in [-0.2, 0) is 6.37 Å². The van der Waals surface area contributed by atoms with Gasteiger partial charge in [-0.1, -0.05) is 30.3 Å². The SMILES string of the molecule is [2H]C([2H])(c1cccc2cccc(O)c12)C([2H])([2H])N(C)C. The number of benzene rings is 2. The average molecular weight is 219 g/mol. The molecular weight excluding hydrogens is 198 g/mol. The van der Waals surface area contributed by atoms with Crippen LogP contribution < -0.4 is 0 Å². The highest BCUT2D eigenvalue weighted by Crippen LogP contribution is 2.28. The molecular formula is C14H17NO. The first kappa shape index (κ1) is 6.92. The molecule has 0 spiro atoms. The summed E-state index contributed by atoms with van der Waals surface area (Å²) < 4.78 is 32.4. The quantitative estimate of drug-likeness (QED) is 0.858. The summed E-state index contributed by atoms with van der Waals surface area (Å²) in [4.78, 5) is 1.20. The molecule has 0 unspecified atom stereocenters. The van der Waals surface area contributed by atoms with Gasteiger partial charge in [-0.15, -0.1) is 0 Å². The summed E-state index contributed by atoms with van der Waals surface area (Å²) in [6, 6.07) is 9.87. The smallest absolute Gasteiger partial charge is 0.123 e. The maximum absolute atomic E-state index is 10.0. The third-order valence-corrected chi connectivity index (χ3v) is 2.30. The number of rotatable bonds is 3. The van der Waals surface area contributed by atoms with Gasteiger partial charge in [0.1, 0.15) is 5.75 Å². The molecule has 2 rings (SSSR count). The number of hydrogen-bond acceptors (Lipinski definition) is 2. The lowest BCUT2D eigenvalue weighted by Crippen LogP contribution is -2.15. The lowest BCUT2D eigenvalue weighted by Gasteiger charge is -2.12. The van der Waals surface area contributed by atoms with Crippen molar-refractivity contribution in [3.05, 3.63) is 42.0 Å². The Hall–Kier alpha value is -1.54. The van der Waals surface area contributed by atoms with Gasteiger partial charge in [-0.2, -0.15) is 0 Å². The number of phenolic OH excluding ortho intramolecular Hbond substituents is 1. The van der Waals surface area contributed by atoms with Gasteiger partial charge in [-0.05, 0) is 37.5 Å². The molecule has 0 amide bonds.